The fraction of sp³-hybridized carbons (Fsp3) is 0. The first kappa shape index (κ1) is 17.6. The number of H-pyrrole nitrogens is 1. The van der Waals surface area contributed by atoms with E-state index in [1.165, 1.54) is 18.2 Å². The number of nitro groups is 1. The number of hydrogen-bond acceptors (Lipinski definition) is 6. The summed E-state index contributed by atoms with van der Waals surface area (Å²) < 4.78 is 0. The van der Waals surface area contributed by atoms with Crippen LogP contribution in [-0.4, -0.2) is 26.9 Å². The molecule has 0 fully saturated rings. The number of nitrogens with two attached hydrogens (primary N) is 1. The van der Waals surface area contributed by atoms with E-state index >= 15 is 0 Å². The molecule has 0 radical (unpaired) electrons. The van der Waals surface area contributed by atoms with Crippen molar-refractivity contribution in [1.82, 2.24) is 21.0 Å². The van der Waals surface area contributed by atoms with Gasteiger partial charge in [0.1, 0.15) is 11.4 Å². The molecule has 0 aliphatic rings. The van der Waals surface area contributed by atoms with Gasteiger partial charge in [0, 0.05) is 17.2 Å². The van der Waals surface area contributed by atoms with Crippen molar-refractivity contribution in [2.24, 2.45) is 0 Å². The second-order valence-electron chi connectivity index (χ2n) is 5.47. The lowest BCUT2D eigenvalue weighted by atomic mass is 10.1. The minimum atomic E-state index is -0.728. The number of benzene rings is 2. The SMILES string of the molecule is Nc1ccc(C(=O)NNC(=O)c2cc(-c3ccccc3)n[nH]2)cc1[N+](=O)[O-]. The summed E-state index contributed by atoms with van der Waals surface area (Å²) in [6, 6.07) is 14.3. The first-order valence-corrected chi connectivity index (χ1v) is 7.71. The van der Waals surface area contributed by atoms with E-state index in [9.17, 15) is 19.7 Å². The summed E-state index contributed by atoms with van der Waals surface area (Å²) in [5.74, 6) is -1.35. The Hall–Kier alpha value is -4.21. The first-order valence-electron chi connectivity index (χ1n) is 7.71. The number of aromatic amines is 1. The van der Waals surface area contributed by atoms with Gasteiger partial charge in [-0.15, -0.1) is 0 Å². The van der Waals surface area contributed by atoms with E-state index in [-0.39, 0.29) is 16.9 Å². The van der Waals surface area contributed by atoms with Gasteiger partial charge >= 0.3 is 0 Å². The van der Waals surface area contributed by atoms with Crippen LogP contribution in [0.3, 0.4) is 0 Å². The Balaban J connectivity index is 1.66. The minimum Gasteiger partial charge on any atom is -0.393 e. The second kappa shape index (κ2) is 7.35. The number of rotatable bonds is 4. The fourth-order valence-corrected chi connectivity index (χ4v) is 2.29. The molecular weight excluding hydrogens is 352 g/mol. The van der Waals surface area contributed by atoms with Crippen LogP contribution in [0.15, 0.2) is 54.6 Å². The standard InChI is InChI=1S/C17H14N6O4/c18-12-7-6-11(8-15(12)23(26)27)16(24)21-22-17(25)14-9-13(19-20-14)10-4-2-1-3-5-10/h1-9H,18H2,(H,19,20)(H,21,24)(H,22,25). The number of nitrogens with zero attached hydrogens (tertiary/aromatic N) is 2. The van der Waals surface area contributed by atoms with Gasteiger partial charge in [0.05, 0.1) is 10.6 Å². The van der Waals surface area contributed by atoms with Gasteiger partial charge in [-0.3, -0.25) is 35.7 Å². The topological polar surface area (TPSA) is 156 Å². The largest absolute Gasteiger partial charge is 0.393 e. The predicted molar refractivity (Wildman–Crippen MR) is 96.5 cm³/mol. The molecule has 0 bridgehead atoms. The second-order valence-corrected chi connectivity index (χ2v) is 5.47. The number of nitro benzene ring substituents is 1. The molecule has 2 aromatic carbocycles. The number of aromatic nitrogens is 2. The Labute approximate surface area is 152 Å². The predicted octanol–water partition coefficient (Wildman–Crippen LogP) is 1.64. The number of hydrogen-bond donors (Lipinski definition) is 4. The highest BCUT2D eigenvalue weighted by Crippen LogP contribution is 2.22. The van der Waals surface area contributed by atoms with Crippen LogP contribution >= 0.6 is 0 Å². The first-order chi connectivity index (χ1) is 13.0. The lowest BCUT2D eigenvalue weighted by molar-refractivity contribution is -0.383. The fourth-order valence-electron chi connectivity index (χ4n) is 2.29. The third-order valence-corrected chi connectivity index (χ3v) is 3.67. The van der Waals surface area contributed by atoms with Crippen LogP contribution in [0.2, 0.25) is 0 Å². The van der Waals surface area contributed by atoms with Crippen LogP contribution in [0, 0.1) is 10.1 Å². The van der Waals surface area contributed by atoms with Gasteiger partial charge in [-0.2, -0.15) is 5.10 Å². The maximum Gasteiger partial charge on any atom is 0.292 e. The maximum absolute atomic E-state index is 12.1. The lowest BCUT2D eigenvalue weighted by Crippen LogP contribution is -2.41. The van der Waals surface area contributed by atoms with Crippen LogP contribution in [0.1, 0.15) is 20.8 Å². The van der Waals surface area contributed by atoms with Crippen molar-refractivity contribution in [1.29, 1.82) is 0 Å². The summed E-state index contributed by atoms with van der Waals surface area (Å²) in [6.07, 6.45) is 0. The Morgan fingerprint density at radius 3 is 2.44 bits per heavy atom. The van der Waals surface area contributed by atoms with E-state index in [1.54, 1.807) is 0 Å². The number of hydrazine groups is 1. The smallest absolute Gasteiger partial charge is 0.292 e. The third kappa shape index (κ3) is 3.90. The summed E-state index contributed by atoms with van der Waals surface area (Å²) >= 11 is 0. The van der Waals surface area contributed by atoms with Crippen molar-refractivity contribution in [3.63, 3.8) is 0 Å². The van der Waals surface area contributed by atoms with E-state index in [0.29, 0.717) is 5.69 Å². The zero-order valence-corrected chi connectivity index (χ0v) is 13.8. The molecule has 3 rings (SSSR count). The summed E-state index contributed by atoms with van der Waals surface area (Å²) in [5.41, 5.74) is 10.9. The summed E-state index contributed by atoms with van der Waals surface area (Å²) in [5, 5.41) is 17.5. The van der Waals surface area contributed by atoms with Gasteiger partial charge < -0.3 is 5.73 Å². The molecule has 136 valence electrons. The molecule has 2 amide bonds. The minimum absolute atomic E-state index is 0.0224. The van der Waals surface area contributed by atoms with Crippen LogP contribution in [0.4, 0.5) is 11.4 Å². The van der Waals surface area contributed by atoms with Gasteiger partial charge in [0.25, 0.3) is 17.5 Å². The molecule has 0 unspecified atom stereocenters. The van der Waals surface area contributed by atoms with E-state index in [4.69, 9.17) is 5.73 Å². The number of anilines is 1. The average molecular weight is 366 g/mol. The zero-order chi connectivity index (χ0) is 19.4. The molecule has 0 spiro atoms. The van der Waals surface area contributed by atoms with E-state index in [1.807, 2.05) is 30.3 Å². The molecule has 0 atom stereocenters. The summed E-state index contributed by atoms with van der Waals surface area (Å²) in [6.45, 7) is 0. The van der Waals surface area contributed by atoms with E-state index in [2.05, 4.69) is 21.0 Å². The van der Waals surface area contributed by atoms with E-state index in [0.717, 1.165) is 11.6 Å². The Morgan fingerprint density at radius 2 is 1.74 bits per heavy atom. The van der Waals surface area contributed by atoms with Gasteiger partial charge in [-0.1, -0.05) is 30.3 Å². The molecule has 1 heterocycles. The Morgan fingerprint density at radius 1 is 1.04 bits per heavy atom. The van der Waals surface area contributed by atoms with Gasteiger partial charge in [-0.05, 0) is 18.2 Å². The lowest BCUT2D eigenvalue weighted by Gasteiger charge is -2.06. The van der Waals surface area contributed by atoms with Crippen LogP contribution < -0.4 is 16.6 Å². The quantitative estimate of drug-likeness (QED) is 0.312. The molecule has 0 aliphatic heterocycles. The summed E-state index contributed by atoms with van der Waals surface area (Å²) in [4.78, 5) is 34.4. The molecular formula is C17H14N6O4. The van der Waals surface area contributed by atoms with Gasteiger partial charge in [-0.25, -0.2) is 0 Å². The number of nitrogen functional groups attached to an aromatic ring is 1. The molecule has 0 saturated heterocycles. The van der Waals surface area contributed by atoms with Gasteiger partial charge in [0.15, 0.2) is 0 Å². The Kier molecular flexibility index (Phi) is 4.79. The number of carbonyl (C=O) groups is 2. The molecule has 5 N–H and O–H groups in total. The highest BCUT2D eigenvalue weighted by atomic mass is 16.6. The highest BCUT2D eigenvalue weighted by Gasteiger charge is 2.17. The molecule has 10 nitrogen and oxygen atoms in total. The van der Waals surface area contributed by atoms with Crippen molar-refractivity contribution in [2.75, 3.05) is 5.73 Å². The zero-order valence-electron chi connectivity index (χ0n) is 13.8. The molecule has 0 aliphatic carbocycles. The summed E-state index contributed by atoms with van der Waals surface area (Å²) in [7, 11) is 0. The average Bonchev–Trinajstić information content (AvgIpc) is 3.17. The molecule has 0 saturated carbocycles. The number of carbonyl (C=O) groups excluding carboxylic acids is 2. The molecule has 3 aromatic rings. The third-order valence-electron chi connectivity index (χ3n) is 3.67. The molecule has 27 heavy (non-hydrogen) atoms. The van der Waals surface area contributed by atoms with Crippen molar-refractivity contribution in [2.45, 2.75) is 0 Å². The normalized spacial score (nSPS) is 10.2. The van der Waals surface area contributed by atoms with E-state index < -0.39 is 22.4 Å². The van der Waals surface area contributed by atoms with Crippen molar-refractivity contribution in [3.05, 3.63) is 76.0 Å². The number of nitrogens with one attached hydrogen (secondary N) is 3. The van der Waals surface area contributed by atoms with Crippen LogP contribution in [0.25, 0.3) is 11.3 Å². The maximum atomic E-state index is 12.1. The monoisotopic (exact) mass is 366 g/mol. The number of amides is 2. The Bertz CT molecular complexity index is 1020. The van der Waals surface area contributed by atoms with Crippen molar-refractivity contribution < 1.29 is 14.5 Å². The molecule has 1 aromatic heterocycles. The van der Waals surface area contributed by atoms with Crippen molar-refractivity contribution >= 4 is 23.2 Å². The molecule has 10 heteroatoms. The van der Waals surface area contributed by atoms with Crippen molar-refractivity contribution in [3.8, 4) is 11.3 Å². The highest BCUT2D eigenvalue weighted by molar-refractivity contribution is 5.99. The van der Waals surface area contributed by atoms with Crippen LogP contribution in [0.5, 0.6) is 0 Å². The van der Waals surface area contributed by atoms with Crippen LogP contribution in [-0.2, 0) is 0 Å². The van der Waals surface area contributed by atoms with Gasteiger partial charge in [0.2, 0.25) is 0 Å².